The average Bonchev–Trinajstić information content (AvgIpc) is 2.26. The van der Waals surface area contributed by atoms with Crippen molar-refractivity contribution in [2.45, 2.75) is 4.90 Å². The van der Waals surface area contributed by atoms with Crippen LogP contribution in [0.1, 0.15) is 0 Å². The molecule has 0 aromatic heterocycles. The van der Waals surface area contributed by atoms with Crippen LogP contribution in [0.3, 0.4) is 0 Å². The molecule has 0 atom stereocenters. The lowest BCUT2D eigenvalue weighted by molar-refractivity contribution is 0.590. The minimum atomic E-state index is -3.61. The van der Waals surface area contributed by atoms with Crippen LogP contribution in [-0.4, -0.2) is 8.42 Å². The smallest absolute Gasteiger partial charge is 0.262 e. The molecule has 0 heterocycles. The highest BCUT2D eigenvalue weighted by Crippen LogP contribution is 2.17. The van der Waals surface area contributed by atoms with Gasteiger partial charge in [-0.1, -0.05) is 18.3 Å². The molecule has 7 heteroatoms. The Labute approximate surface area is 105 Å². The second-order valence-corrected chi connectivity index (χ2v) is 5.73. The van der Waals surface area contributed by atoms with Crippen molar-refractivity contribution in [1.29, 1.82) is 0 Å². The number of hydrogen-bond donors (Lipinski definition) is 3. The van der Waals surface area contributed by atoms with Gasteiger partial charge in [-0.15, -0.1) is 0 Å². The van der Waals surface area contributed by atoms with E-state index in [1.54, 1.807) is 0 Å². The van der Waals surface area contributed by atoms with Crippen molar-refractivity contribution < 1.29 is 8.42 Å². The van der Waals surface area contributed by atoms with Gasteiger partial charge in [-0.3, -0.25) is 4.72 Å². The molecule has 0 amide bonds. The van der Waals surface area contributed by atoms with E-state index in [1.807, 2.05) is 0 Å². The summed E-state index contributed by atoms with van der Waals surface area (Å²) >= 11 is 1.09. The molecule has 0 saturated carbocycles. The Bertz CT molecular complexity index is 521. The molecule has 1 aromatic carbocycles. The number of nitrogens with one attached hydrogen (secondary N) is 1. The van der Waals surface area contributed by atoms with Crippen molar-refractivity contribution in [3.63, 3.8) is 0 Å². The third kappa shape index (κ3) is 4.04. The quantitative estimate of drug-likeness (QED) is 0.699. The molecular formula is C10H13N3O2S2. The number of thioether (sulfide) groups is 1. The zero-order chi connectivity index (χ0) is 12.9. The highest BCUT2D eigenvalue weighted by Gasteiger charge is 2.13. The number of benzene rings is 1. The van der Waals surface area contributed by atoms with E-state index in [9.17, 15) is 8.42 Å². The Hall–Kier alpha value is -1.60. The number of nitrogen functional groups attached to an aromatic ring is 1. The summed E-state index contributed by atoms with van der Waals surface area (Å²) in [6, 6.07) is 5.89. The van der Waals surface area contributed by atoms with Gasteiger partial charge in [0.25, 0.3) is 10.0 Å². The van der Waals surface area contributed by atoms with Gasteiger partial charge >= 0.3 is 0 Å². The summed E-state index contributed by atoms with van der Waals surface area (Å²) in [7, 11) is -3.61. The van der Waals surface area contributed by atoms with E-state index in [1.165, 1.54) is 35.9 Å². The number of sulfonamides is 1. The summed E-state index contributed by atoms with van der Waals surface area (Å²) in [6.45, 7) is 3.56. The van der Waals surface area contributed by atoms with Crippen molar-refractivity contribution >= 4 is 27.5 Å². The van der Waals surface area contributed by atoms with Gasteiger partial charge < -0.3 is 11.5 Å². The number of rotatable bonds is 5. The molecule has 1 aromatic rings. The largest absolute Gasteiger partial charge is 0.404 e. The summed E-state index contributed by atoms with van der Waals surface area (Å²) < 4.78 is 26.0. The first-order valence-corrected chi connectivity index (χ1v) is 6.92. The van der Waals surface area contributed by atoms with Gasteiger partial charge in [-0.05, 0) is 29.7 Å². The Morgan fingerprint density at radius 3 is 2.47 bits per heavy atom. The Morgan fingerprint density at radius 1 is 1.35 bits per heavy atom. The second-order valence-electron chi connectivity index (χ2n) is 3.04. The average molecular weight is 271 g/mol. The molecule has 0 spiro atoms. The first-order chi connectivity index (χ1) is 7.95. The summed E-state index contributed by atoms with van der Waals surface area (Å²) in [5.74, 6) is 0. The van der Waals surface area contributed by atoms with E-state index in [0.29, 0.717) is 5.69 Å². The van der Waals surface area contributed by atoms with Gasteiger partial charge in [0.15, 0.2) is 0 Å². The predicted octanol–water partition coefficient (Wildman–Crippen LogP) is 1.18. The summed E-state index contributed by atoms with van der Waals surface area (Å²) in [4.78, 5) is 0.130. The van der Waals surface area contributed by atoms with Crippen LogP contribution in [-0.2, 0) is 10.0 Å². The zero-order valence-corrected chi connectivity index (χ0v) is 10.6. The lowest BCUT2D eigenvalue weighted by atomic mass is 10.3. The van der Waals surface area contributed by atoms with Gasteiger partial charge in [0.2, 0.25) is 0 Å². The first-order valence-electron chi connectivity index (χ1n) is 4.56. The number of hydrogen-bond acceptors (Lipinski definition) is 5. The lowest BCUT2D eigenvalue weighted by Gasteiger charge is -2.08. The molecule has 0 aliphatic rings. The van der Waals surface area contributed by atoms with E-state index in [4.69, 9.17) is 11.5 Å². The Balaban J connectivity index is 2.82. The second kappa shape index (κ2) is 5.65. The standard InChI is InChI=1S/C10H13N3O2S2/c1-8(16-7-6-11)13-17(14,15)10-4-2-9(12)3-5-10/h2-7,13H,1,11-12H2/b7-6-. The topological polar surface area (TPSA) is 98.2 Å². The predicted molar refractivity (Wildman–Crippen MR) is 71.2 cm³/mol. The number of nitrogens with two attached hydrogens (primary N) is 2. The van der Waals surface area contributed by atoms with Crippen molar-refractivity contribution in [3.8, 4) is 0 Å². The maximum Gasteiger partial charge on any atom is 0.262 e. The highest BCUT2D eigenvalue weighted by atomic mass is 32.2. The molecule has 0 fully saturated rings. The van der Waals surface area contributed by atoms with Gasteiger partial charge in [-0.25, -0.2) is 8.42 Å². The lowest BCUT2D eigenvalue weighted by Crippen LogP contribution is -2.21. The van der Waals surface area contributed by atoms with E-state index < -0.39 is 10.0 Å². The van der Waals surface area contributed by atoms with Crippen LogP contribution in [0.5, 0.6) is 0 Å². The van der Waals surface area contributed by atoms with Crippen LogP contribution in [0.25, 0.3) is 0 Å². The monoisotopic (exact) mass is 271 g/mol. The molecule has 0 bridgehead atoms. The molecule has 1 rings (SSSR count). The molecule has 0 radical (unpaired) electrons. The maximum atomic E-state index is 11.8. The van der Waals surface area contributed by atoms with Crippen LogP contribution < -0.4 is 16.2 Å². The molecule has 0 saturated heterocycles. The molecule has 17 heavy (non-hydrogen) atoms. The summed E-state index contributed by atoms with van der Waals surface area (Å²) in [5, 5.41) is 1.79. The summed E-state index contributed by atoms with van der Waals surface area (Å²) in [5.41, 5.74) is 11.1. The molecule has 0 aliphatic heterocycles. The minimum Gasteiger partial charge on any atom is -0.404 e. The van der Waals surface area contributed by atoms with E-state index in [-0.39, 0.29) is 9.92 Å². The Kier molecular flexibility index (Phi) is 4.47. The number of anilines is 1. The van der Waals surface area contributed by atoms with E-state index in [2.05, 4.69) is 11.3 Å². The maximum absolute atomic E-state index is 11.8. The summed E-state index contributed by atoms with van der Waals surface area (Å²) in [6.07, 6.45) is 1.30. The van der Waals surface area contributed by atoms with Gasteiger partial charge in [0.1, 0.15) is 0 Å². The zero-order valence-electron chi connectivity index (χ0n) is 8.96. The van der Waals surface area contributed by atoms with Crippen LogP contribution in [0, 0.1) is 0 Å². The normalized spacial score (nSPS) is 11.5. The van der Waals surface area contributed by atoms with Crippen LogP contribution in [0.15, 0.2) is 52.4 Å². The SMILES string of the molecule is C=C(NS(=O)(=O)c1ccc(N)cc1)S/C=C\N. The van der Waals surface area contributed by atoms with Crippen LogP contribution in [0.4, 0.5) is 5.69 Å². The third-order valence-electron chi connectivity index (χ3n) is 1.73. The van der Waals surface area contributed by atoms with Gasteiger partial charge in [0, 0.05) is 11.9 Å². The third-order valence-corrected chi connectivity index (χ3v) is 3.94. The van der Waals surface area contributed by atoms with Crippen molar-refractivity contribution in [1.82, 2.24) is 4.72 Å². The van der Waals surface area contributed by atoms with Crippen LogP contribution >= 0.6 is 11.8 Å². The van der Waals surface area contributed by atoms with Crippen molar-refractivity contribution in [3.05, 3.63) is 47.5 Å². The highest BCUT2D eigenvalue weighted by molar-refractivity contribution is 8.06. The fourth-order valence-corrected chi connectivity index (χ4v) is 2.68. The fourth-order valence-electron chi connectivity index (χ4n) is 1.00. The molecule has 5 nitrogen and oxygen atoms in total. The molecule has 92 valence electrons. The fraction of sp³-hybridized carbons (Fsp3) is 0. The van der Waals surface area contributed by atoms with E-state index >= 15 is 0 Å². The molecule has 5 N–H and O–H groups in total. The van der Waals surface area contributed by atoms with Crippen LogP contribution in [0.2, 0.25) is 0 Å². The minimum absolute atomic E-state index is 0.130. The molecule has 0 unspecified atom stereocenters. The van der Waals surface area contributed by atoms with Gasteiger partial charge in [-0.2, -0.15) is 0 Å². The first kappa shape index (κ1) is 13.5. The molecule has 0 aliphatic carbocycles. The van der Waals surface area contributed by atoms with Crippen molar-refractivity contribution in [2.24, 2.45) is 5.73 Å². The van der Waals surface area contributed by atoms with Crippen molar-refractivity contribution in [2.75, 3.05) is 5.73 Å². The molecular weight excluding hydrogens is 258 g/mol. The van der Waals surface area contributed by atoms with Gasteiger partial charge in [0.05, 0.1) is 9.92 Å². The Morgan fingerprint density at radius 2 is 1.94 bits per heavy atom. The van der Waals surface area contributed by atoms with E-state index in [0.717, 1.165) is 11.8 Å².